The molecule has 0 radical (unpaired) electrons. The van der Waals surface area contributed by atoms with Crippen molar-refractivity contribution in [3.63, 3.8) is 0 Å². The molecule has 0 aliphatic heterocycles. The maximum absolute atomic E-state index is 10.2. The van der Waals surface area contributed by atoms with Crippen molar-refractivity contribution in [1.29, 1.82) is 0 Å². The highest BCUT2D eigenvalue weighted by atomic mass is 16.3. The Hall–Kier alpha value is -2.00. The Bertz CT molecular complexity index is 735. The summed E-state index contributed by atoms with van der Waals surface area (Å²) in [6.07, 6.45) is 0. The molecule has 0 aliphatic carbocycles. The van der Waals surface area contributed by atoms with E-state index in [4.69, 9.17) is 0 Å². The molecule has 0 fully saturated rings. The van der Waals surface area contributed by atoms with E-state index in [1.54, 1.807) is 19.9 Å². The molecule has 0 amide bonds. The number of aliphatic hydroxyl groups is 1. The van der Waals surface area contributed by atoms with E-state index < -0.39 is 5.60 Å². The first-order valence-corrected chi connectivity index (χ1v) is 5.94. The first-order valence-electron chi connectivity index (χ1n) is 5.94. The molecule has 18 heavy (non-hydrogen) atoms. The Kier molecular flexibility index (Phi) is 2.16. The van der Waals surface area contributed by atoms with Crippen LogP contribution in [0.1, 0.15) is 19.4 Å². The average molecular weight is 241 g/mol. The summed E-state index contributed by atoms with van der Waals surface area (Å²) in [5, 5.41) is 22.1. The average Bonchev–Trinajstić information content (AvgIpc) is 2.68. The van der Waals surface area contributed by atoms with Gasteiger partial charge in [-0.2, -0.15) is 0 Å². The van der Waals surface area contributed by atoms with E-state index >= 15 is 0 Å². The van der Waals surface area contributed by atoms with Crippen LogP contribution in [0.3, 0.4) is 0 Å². The number of phenols is 1. The number of rotatable bonds is 1. The summed E-state index contributed by atoms with van der Waals surface area (Å²) in [4.78, 5) is 3.21. The van der Waals surface area contributed by atoms with Crippen LogP contribution in [0.15, 0.2) is 36.4 Å². The van der Waals surface area contributed by atoms with Gasteiger partial charge in [0.2, 0.25) is 0 Å². The van der Waals surface area contributed by atoms with Gasteiger partial charge < -0.3 is 15.2 Å². The summed E-state index contributed by atoms with van der Waals surface area (Å²) in [7, 11) is 0. The smallest absolute Gasteiger partial charge is 0.139 e. The van der Waals surface area contributed by atoms with Crippen molar-refractivity contribution in [2.24, 2.45) is 0 Å². The van der Waals surface area contributed by atoms with Crippen molar-refractivity contribution in [2.45, 2.75) is 19.4 Å². The Morgan fingerprint density at radius 2 is 1.56 bits per heavy atom. The van der Waals surface area contributed by atoms with Gasteiger partial charge in [-0.3, -0.25) is 0 Å². The van der Waals surface area contributed by atoms with E-state index in [2.05, 4.69) is 4.98 Å². The van der Waals surface area contributed by atoms with Gasteiger partial charge >= 0.3 is 0 Å². The largest absolute Gasteiger partial charge is 0.506 e. The van der Waals surface area contributed by atoms with Crippen molar-refractivity contribution in [1.82, 2.24) is 4.98 Å². The van der Waals surface area contributed by atoms with E-state index in [-0.39, 0.29) is 5.75 Å². The third kappa shape index (κ3) is 1.48. The summed E-state index contributed by atoms with van der Waals surface area (Å²) in [5.41, 5.74) is 1.50. The standard InChI is InChI=1S/C15H15NO2/c1-15(2,18)11-7-3-5-9-10-6-4-8-12(17)14(10)16-13(9)11/h3-8,16-18H,1-2H3. The van der Waals surface area contributed by atoms with Gasteiger partial charge in [0.1, 0.15) is 5.75 Å². The van der Waals surface area contributed by atoms with Gasteiger partial charge in [-0.1, -0.05) is 30.3 Å². The van der Waals surface area contributed by atoms with E-state index in [1.807, 2.05) is 30.3 Å². The van der Waals surface area contributed by atoms with E-state index in [1.165, 1.54) is 0 Å². The van der Waals surface area contributed by atoms with Crippen LogP contribution >= 0.6 is 0 Å². The summed E-state index contributed by atoms with van der Waals surface area (Å²) in [5.74, 6) is 0.227. The minimum absolute atomic E-state index is 0.227. The zero-order chi connectivity index (χ0) is 12.9. The van der Waals surface area contributed by atoms with Gasteiger partial charge in [-0.25, -0.2) is 0 Å². The maximum atomic E-state index is 10.2. The molecular weight excluding hydrogens is 226 g/mol. The zero-order valence-electron chi connectivity index (χ0n) is 10.4. The van der Waals surface area contributed by atoms with Gasteiger partial charge in [0.25, 0.3) is 0 Å². The summed E-state index contributed by atoms with van der Waals surface area (Å²) >= 11 is 0. The predicted octanol–water partition coefficient (Wildman–Crippen LogP) is 3.25. The number of phenolic OH excluding ortho intramolecular Hbond substituents is 1. The number of para-hydroxylation sites is 2. The maximum Gasteiger partial charge on any atom is 0.139 e. The molecule has 0 atom stereocenters. The molecule has 3 N–H and O–H groups in total. The molecule has 0 aliphatic rings. The number of hydrogen-bond donors (Lipinski definition) is 3. The van der Waals surface area contributed by atoms with Crippen molar-refractivity contribution in [2.75, 3.05) is 0 Å². The number of aromatic hydroxyl groups is 1. The number of hydrogen-bond acceptors (Lipinski definition) is 2. The van der Waals surface area contributed by atoms with Crippen LogP contribution in [0, 0.1) is 0 Å². The van der Waals surface area contributed by atoms with Crippen LogP contribution < -0.4 is 0 Å². The van der Waals surface area contributed by atoms with Crippen LogP contribution in [0.2, 0.25) is 0 Å². The molecule has 0 unspecified atom stereocenters. The molecule has 1 aromatic heterocycles. The number of H-pyrrole nitrogens is 1. The van der Waals surface area contributed by atoms with Crippen molar-refractivity contribution in [3.8, 4) is 5.75 Å². The van der Waals surface area contributed by atoms with Crippen LogP contribution in [0.25, 0.3) is 21.8 Å². The van der Waals surface area contributed by atoms with Crippen molar-refractivity contribution in [3.05, 3.63) is 42.0 Å². The normalized spacial score (nSPS) is 12.4. The van der Waals surface area contributed by atoms with Crippen molar-refractivity contribution >= 4 is 21.8 Å². The quantitative estimate of drug-likeness (QED) is 0.612. The third-order valence-corrected chi connectivity index (χ3v) is 3.31. The Labute approximate surface area is 105 Å². The van der Waals surface area contributed by atoms with E-state index in [9.17, 15) is 10.2 Å². The molecule has 0 saturated heterocycles. The SMILES string of the molecule is CC(C)(O)c1cccc2c1[nH]c1c(O)cccc12. The monoisotopic (exact) mass is 241 g/mol. The molecule has 2 aromatic carbocycles. The molecule has 0 saturated carbocycles. The summed E-state index contributed by atoms with van der Waals surface area (Å²) in [6.45, 7) is 3.51. The number of nitrogens with one attached hydrogen (secondary N) is 1. The zero-order valence-corrected chi connectivity index (χ0v) is 10.4. The molecule has 3 nitrogen and oxygen atoms in total. The minimum atomic E-state index is -0.921. The van der Waals surface area contributed by atoms with Gasteiger partial charge in [-0.05, 0) is 19.9 Å². The van der Waals surface area contributed by atoms with Crippen LogP contribution in [0.4, 0.5) is 0 Å². The van der Waals surface area contributed by atoms with Gasteiger partial charge in [0.15, 0.2) is 0 Å². The Balaban J connectivity index is 2.50. The number of aromatic nitrogens is 1. The topological polar surface area (TPSA) is 56.2 Å². The summed E-state index contributed by atoms with van der Waals surface area (Å²) < 4.78 is 0. The number of aromatic amines is 1. The van der Waals surface area contributed by atoms with Crippen molar-refractivity contribution < 1.29 is 10.2 Å². The van der Waals surface area contributed by atoms with Crippen LogP contribution in [0.5, 0.6) is 5.75 Å². The van der Waals surface area contributed by atoms with Crippen LogP contribution in [-0.4, -0.2) is 15.2 Å². The number of fused-ring (bicyclic) bond motifs is 3. The lowest BCUT2D eigenvalue weighted by Crippen LogP contribution is -2.15. The molecule has 3 rings (SSSR count). The Morgan fingerprint density at radius 3 is 2.22 bits per heavy atom. The second-order valence-electron chi connectivity index (χ2n) is 5.11. The number of benzene rings is 2. The second-order valence-corrected chi connectivity index (χ2v) is 5.11. The molecule has 92 valence electrons. The fraction of sp³-hybridized carbons (Fsp3) is 0.200. The lowest BCUT2D eigenvalue weighted by Gasteiger charge is -2.18. The molecular formula is C15H15NO2. The molecule has 3 heteroatoms. The molecule has 1 heterocycles. The van der Waals surface area contributed by atoms with E-state index in [0.29, 0.717) is 5.52 Å². The highest BCUT2D eigenvalue weighted by Crippen LogP contribution is 2.35. The lowest BCUT2D eigenvalue weighted by molar-refractivity contribution is 0.0800. The first-order chi connectivity index (χ1) is 8.48. The second kappa shape index (κ2) is 3.50. The highest BCUT2D eigenvalue weighted by molar-refractivity contribution is 6.10. The fourth-order valence-corrected chi connectivity index (χ4v) is 2.44. The lowest BCUT2D eigenvalue weighted by atomic mass is 9.96. The molecule has 3 aromatic rings. The fourth-order valence-electron chi connectivity index (χ4n) is 2.44. The molecule has 0 bridgehead atoms. The molecule has 0 spiro atoms. The van der Waals surface area contributed by atoms with Gasteiger partial charge in [0.05, 0.1) is 16.6 Å². The van der Waals surface area contributed by atoms with Crippen LogP contribution in [-0.2, 0) is 5.60 Å². The Morgan fingerprint density at radius 1 is 0.944 bits per heavy atom. The predicted molar refractivity (Wildman–Crippen MR) is 72.7 cm³/mol. The first kappa shape index (κ1) is 11.1. The summed E-state index contributed by atoms with van der Waals surface area (Å²) in [6, 6.07) is 11.2. The van der Waals surface area contributed by atoms with E-state index in [0.717, 1.165) is 21.9 Å². The van der Waals surface area contributed by atoms with Gasteiger partial charge in [0, 0.05) is 16.3 Å². The third-order valence-electron chi connectivity index (χ3n) is 3.31. The minimum Gasteiger partial charge on any atom is -0.506 e. The van der Waals surface area contributed by atoms with Gasteiger partial charge in [-0.15, -0.1) is 0 Å². The highest BCUT2D eigenvalue weighted by Gasteiger charge is 2.21.